The minimum atomic E-state index is 0.200. The van der Waals surface area contributed by atoms with Crippen molar-refractivity contribution in [3.8, 4) is 5.75 Å². The van der Waals surface area contributed by atoms with Crippen LogP contribution in [0.3, 0.4) is 0 Å². The summed E-state index contributed by atoms with van der Waals surface area (Å²) >= 11 is 0. The van der Waals surface area contributed by atoms with Gasteiger partial charge in [-0.3, -0.25) is 0 Å². The van der Waals surface area contributed by atoms with Crippen molar-refractivity contribution < 1.29 is 4.74 Å². The number of nitrogens with one attached hydrogen (secondary N) is 1. The molecule has 0 aliphatic carbocycles. The van der Waals surface area contributed by atoms with Gasteiger partial charge in [0.25, 0.3) is 0 Å². The van der Waals surface area contributed by atoms with Gasteiger partial charge in [0.1, 0.15) is 5.75 Å². The van der Waals surface area contributed by atoms with Gasteiger partial charge in [0.2, 0.25) is 0 Å². The molecule has 3 N–H and O–H groups in total. The largest absolute Gasteiger partial charge is 0.491 e. The maximum Gasteiger partial charge on any atom is 0.121 e. The summed E-state index contributed by atoms with van der Waals surface area (Å²) in [7, 11) is 0. The van der Waals surface area contributed by atoms with Gasteiger partial charge in [0, 0.05) is 23.8 Å². The monoisotopic (exact) mass is 204 g/mol. The van der Waals surface area contributed by atoms with Crippen molar-refractivity contribution in [3.63, 3.8) is 0 Å². The number of benzene rings is 1. The van der Waals surface area contributed by atoms with Crippen molar-refractivity contribution in [1.82, 2.24) is 4.98 Å². The van der Waals surface area contributed by atoms with Crippen LogP contribution in [0.5, 0.6) is 5.75 Å². The van der Waals surface area contributed by atoms with Crippen LogP contribution < -0.4 is 10.5 Å². The Hall–Kier alpha value is -1.48. The fourth-order valence-corrected chi connectivity index (χ4v) is 1.62. The Morgan fingerprint density at radius 2 is 2.13 bits per heavy atom. The molecule has 2 aromatic rings. The number of hydrogen-bond acceptors (Lipinski definition) is 2. The molecule has 0 atom stereocenters. The number of aromatic amines is 1. The molecule has 80 valence electrons. The molecule has 0 fully saturated rings. The highest BCUT2D eigenvalue weighted by Gasteiger charge is 2.02. The Morgan fingerprint density at radius 1 is 1.33 bits per heavy atom. The van der Waals surface area contributed by atoms with E-state index >= 15 is 0 Å². The molecule has 0 radical (unpaired) electrons. The van der Waals surface area contributed by atoms with Gasteiger partial charge in [-0.1, -0.05) is 0 Å². The molecular formula is C12H16N2O. The minimum absolute atomic E-state index is 0.200. The summed E-state index contributed by atoms with van der Waals surface area (Å²) in [4.78, 5) is 3.25. The van der Waals surface area contributed by atoms with E-state index in [1.54, 1.807) is 0 Å². The maximum atomic E-state index is 5.61. The number of aromatic nitrogens is 1. The number of rotatable bonds is 3. The summed E-state index contributed by atoms with van der Waals surface area (Å²) in [5.74, 6) is 0.892. The minimum Gasteiger partial charge on any atom is -0.491 e. The lowest BCUT2D eigenvalue weighted by molar-refractivity contribution is 0.242. The molecule has 0 saturated heterocycles. The van der Waals surface area contributed by atoms with Crippen LogP contribution >= 0.6 is 0 Å². The van der Waals surface area contributed by atoms with E-state index in [0.717, 1.165) is 17.0 Å². The van der Waals surface area contributed by atoms with Gasteiger partial charge in [-0.15, -0.1) is 0 Å². The molecule has 2 rings (SSSR count). The van der Waals surface area contributed by atoms with E-state index in [-0.39, 0.29) is 6.10 Å². The second-order valence-corrected chi connectivity index (χ2v) is 3.91. The van der Waals surface area contributed by atoms with Crippen LogP contribution in [0.2, 0.25) is 0 Å². The summed E-state index contributed by atoms with van der Waals surface area (Å²) in [6, 6.07) is 8.10. The van der Waals surface area contributed by atoms with Gasteiger partial charge < -0.3 is 15.5 Å². The molecule has 0 saturated carbocycles. The first-order valence-corrected chi connectivity index (χ1v) is 5.17. The molecule has 0 aliphatic rings. The Morgan fingerprint density at radius 3 is 2.80 bits per heavy atom. The lowest BCUT2D eigenvalue weighted by Crippen LogP contribution is -2.05. The second-order valence-electron chi connectivity index (χ2n) is 3.91. The molecule has 0 bridgehead atoms. The van der Waals surface area contributed by atoms with Crippen molar-refractivity contribution in [2.75, 3.05) is 0 Å². The fraction of sp³-hybridized carbons (Fsp3) is 0.333. The zero-order valence-corrected chi connectivity index (χ0v) is 9.08. The lowest BCUT2D eigenvalue weighted by atomic mass is 10.2. The molecule has 1 aromatic carbocycles. The predicted octanol–water partition coefficient (Wildman–Crippen LogP) is 2.41. The van der Waals surface area contributed by atoms with E-state index in [1.807, 2.05) is 32.0 Å². The lowest BCUT2D eigenvalue weighted by Gasteiger charge is -2.08. The van der Waals surface area contributed by atoms with Crippen LogP contribution in [0.4, 0.5) is 0 Å². The molecule has 0 unspecified atom stereocenters. The SMILES string of the molecule is CC(C)Oc1ccc2cc(CN)[nH]c2c1. The summed E-state index contributed by atoms with van der Waals surface area (Å²) in [5, 5.41) is 1.17. The first kappa shape index (κ1) is 10.1. The van der Waals surface area contributed by atoms with Crippen LogP contribution in [0.1, 0.15) is 19.5 Å². The number of H-pyrrole nitrogens is 1. The average Bonchev–Trinajstić information content (AvgIpc) is 2.58. The quantitative estimate of drug-likeness (QED) is 0.806. The normalized spacial score (nSPS) is 11.2. The van der Waals surface area contributed by atoms with Crippen LogP contribution in [0.25, 0.3) is 10.9 Å². The van der Waals surface area contributed by atoms with Crippen LogP contribution in [-0.4, -0.2) is 11.1 Å². The molecule has 3 nitrogen and oxygen atoms in total. The molecule has 0 spiro atoms. The van der Waals surface area contributed by atoms with Gasteiger partial charge in [-0.25, -0.2) is 0 Å². The van der Waals surface area contributed by atoms with E-state index in [0.29, 0.717) is 6.54 Å². The zero-order chi connectivity index (χ0) is 10.8. The van der Waals surface area contributed by atoms with Crippen molar-refractivity contribution in [1.29, 1.82) is 0 Å². The van der Waals surface area contributed by atoms with E-state index in [9.17, 15) is 0 Å². The number of fused-ring (bicyclic) bond motifs is 1. The summed E-state index contributed by atoms with van der Waals surface area (Å²) < 4.78 is 5.61. The second kappa shape index (κ2) is 3.95. The summed E-state index contributed by atoms with van der Waals surface area (Å²) in [6.45, 7) is 4.57. The first-order valence-electron chi connectivity index (χ1n) is 5.17. The van der Waals surface area contributed by atoms with Crippen molar-refractivity contribution >= 4 is 10.9 Å². The average molecular weight is 204 g/mol. The molecule has 3 heteroatoms. The summed E-state index contributed by atoms with van der Waals surface area (Å²) in [6.07, 6.45) is 0.200. The Labute approximate surface area is 89.2 Å². The molecule has 0 amide bonds. The highest BCUT2D eigenvalue weighted by molar-refractivity contribution is 5.81. The molecule has 15 heavy (non-hydrogen) atoms. The molecule has 1 heterocycles. The zero-order valence-electron chi connectivity index (χ0n) is 9.08. The Balaban J connectivity index is 2.37. The van der Waals surface area contributed by atoms with Crippen LogP contribution in [-0.2, 0) is 6.54 Å². The van der Waals surface area contributed by atoms with Gasteiger partial charge in [0.05, 0.1) is 6.10 Å². The van der Waals surface area contributed by atoms with E-state index in [1.165, 1.54) is 5.39 Å². The van der Waals surface area contributed by atoms with E-state index in [4.69, 9.17) is 10.5 Å². The number of ether oxygens (including phenoxy) is 1. The third-order valence-electron chi connectivity index (χ3n) is 2.24. The van der Waals surface area contributed by atoms with E-state index in [2.05, 4.69) is 11.1 Å². The van der Waals surface area contributed by atoms with Crippen molar-refractivity contribution in [2.24, 2.45) is 5.73 Å². The smallest absolute Gasteiger partial charge is 0.121 e. The van der Waals surface area contributed by atoms with Crippen LogP contribution in [0, 0.1) is 0 Å². The fourth-order valence-electron chi connectivity index (χ4n) is 1.62. The molecule has 0 aliphatic heterocycles. The Bertz CT molecular complexity index is 460. The third-order valence-corrected chi connectivity index (χ3v) is 2.24. The maximum absolute atomic E-state index is 5.61. The third kappa shape index (κ3) is 2.13. The first-order chi connectivity index (χ1) is 7.19. The highest BCUT2D eigenvalue weighted by atomic mass is 16.5. The van der Waals surface area contributed by atoms with Gasteiger partial charge in [-0.2, -0.15) is 0 Å². The molecule has 1 aromatic heterocycles. The van der Waals surface area contributed by atoms with Crippen molar-refractivity contribution in [3.05, 3.63) is 30.0 Å². The topological polar surface area (TPSA) is 51.0 Å². The predicted molar refractivity (Wildman–Crippen MR) is 62.0 cm³/mol. The number of hydrogen-bond donors (Lipinski definition) is 2. The Kier molecular flexibility index (Phi) is 2.64. The van der Waals surface area contributed by atoms with Gasteiger partial charge in [0.15, 0.2) is 0 Å². The van der Waals surface area contributed by atoms with Gasteiger partial charge >= 0.3 is 0 Å². The molecular weight excluding hydrogens is 188 g/mol. The van der Waals surface area contributed by atoms with E-state index < -0.39 is 0 Å². The standard InChI is InChI=1S/C12H16N2O/c1-8(2)15-11-4-3-9-5-10(7-13)14-12(9)6-11/h3-6,8,14H,7,13H2,1-2H3. The van der Waals surface area contributed by atoms with Crippen LogP contribution in [0.15, 0.2) is 24.3 Å². The van der Waals surface area contributed by atoms with Gasteiger partial charge in [-0.05, 0) is 37.4 Å². The van der Waals surface area contributed by atoms with Crippen molar-refractivity contribution in [2.45, 2.75) is 26.5 Å². The number of nitrogens with two attached hydrogens (primary N) is 1. The highest BCUT2D eigenvalue weighted by Crippen LogP contribution is 2.22. The summed E-state index contributed by atoms with van der Waals surface area (Å²) in [5.41, 5.74) is 7.70.